The van der Waals surface area contributed by atoms with Crippen LogP contribution in [0.5, 0.6) is 0 Å². The quantitative estimate of drug-likeness (QED) is 0.193. The summed E-state index contributed by atoms with van der Waals surface area (Å²) < 4.78 is 70.2. The Balaban J connectivity index is 2.50. The second-order valence-electron chi connectivity index (χ2n) is 8.60. The fraction of sp³-hybridized carbons (Fsp3) is 0.407. The summed E-state index contributed by atoms with van der Waals surface area (Å²) in [5.41, 5.74) is 1.39. The number of carbonyl (C=O) groups excluding carboxylic acids is 1. The number of allylic oxidation sites excluding steroid dienone is 2. The van der Waals surface area contributed by atoms with Crippen molar-refractivity contribution in [2.24, 2.45) is 10.9 Å². The summed E-state index contributed by atoms with van der Waals surface area (Å²) in [5, 5.41) is 9.50. The Morgan fingerprint density at radius 3 is 2.29 bits per heavy atom. The molecule has 0 aliphatic heterocycles. The van der Waals surface area contributed by atoms with Crippen LogP contribution < -0.4 is 0 Å². The van der Waals surface area contributed by atoms with E-state index in [1.165, 1.54) is 23.9 Å². The van der Waals surface area contributed by atoms with E-state index < -0.39 is 34.3 Å². The highest BCUT2D eigenvalue weighted by Gasteiger charge is 2.34. The van der Waals surface area contributed by atoms with Gasteiger partial charge in [0.2, 0.25) is 0 Å². The number of halogens is 3. The first kappa shape index (κ1) is 31.6. The van der Waals surface area contributed by atoms with Crippen molar-refractivity contribution in [2.75, 3.05) is 25.5 Å². The molecule has 0 radical (unpaired) electrons. The van der Waals surface area contributed by atoms with Gasteiger partial charge in [-0.2, -0.15) is 13.2 Å². The van der Waals surface area contributed by atoms with Gasteiger partial charge in [-0.05, 0) is 65.0 Å². The molecule has 2 aromatic carbocycles. The number of alkyl halides is 3. The smallest absolute Gasteiger partial charge is 0.432 e. The molecule has 0 spiro atoms. The van der Waals surface area contributed by atoms with Crippen molar-refractivity contribution in [3.63, 3.8) is 0 Å². The molecule has 0 bridgehead atoms. The topological polar surface area (TPSA) is 93.0 Å². The van der Waals surface area contributed by atoms with Crippen LogP contribution >= 0.6 is 11.8 Å². The molecule has 208 valence electrons. The van der Waals surface area contributed by atoms with Crippen LogP contribution in [0, 0.1) is 5.92 Å². The molecule has 0 saturated carbocycles. The zero-order valence-electron chi connectivity index (χ0n) is 21.7. The van der Waals surface area contributed by atoms with Gasteiger partial charge in [-0.25, -0.2) is 8.42 Å². The third kappa shape index (κ3) is 8.71. The monoisotopic (exact) mass is 571 g/mol. The molecule has 38 heavy (non-hydrogen) atoms. The van der Waals surface area contributed by atoms with E-state index in [4.69, 9.17) is 4.74 Å². The second kappa shape index (κ2) is 14.0. The Morgan fingerprint density at radius 2 is 1.79 bits per heavy atom. The predicted molar refractivity (Wildman–Crippen MR) is 146 cm³/mol. The third-order valence-electron chi connectivity index (χ3n) is 5.98. The standard InChI is InChI=1S/C27H32F3NO5S2/c1-5-18(12-13-26(33)36-17-37-3)23(15-25(31-2)27(28,29)30)20-8-6-19(7-9-20)21-10-11-22(16-32)24(14-21)38(4,34)35/h6-11,14-15,18,32H,5,12-13,16-17H2,1-4H3. The maximum atomic E-state index is 13.6. The highest BCUT2D eigenvalue weighted by atomic mass is 32.2. The molecule has 0 heterocycles. The lowest BCUT2D eigenvalue weighted by Crippen LogP contribution is -2.22. The van der Waals surface area contributed by atoms with Gasteiger partial charge in [0.1, 0.15) is 11.7 Å². The number of nitrogens with zero attached hydrogens (tertiary/aromatic N) is 1. The number of carbonyl (C=O) groups is 1. The zero-order valence-corrected chi connectivity index (χ0v) is 23.3. The molecule has 1 unspecified atom stereocenters. The van der Waals surface area contributed by atoms with Gasteiger partial charge in [0.25, 0.3) is 0 Å². The summed E-state index contributed by atoms with van der Waals surface area (Å²) in [6.45, 7) is 1.41. The van der Waals surface area contributed by atoms with Crippen LogP contribution in [0.25, 0.3) is 16.7 Å². The maximum Gasteiger partial charge on any atom is 0.432 e. The first-order chi connectivity index (χ1) is 17.8. The molecule has 0 aromatic heterocycles. The summed E-state index contributed by atoms with van der Waals surface area (Å²) in [4.78, 5) is 15.5. The van der Waals surface area contributed by atoms with Crippen LogP contribution in [0.2, 0.25) is 0 Å². The average Bonchev–Trinajstić information content (AvgIpc) is 2.87. The minimum absolute atomic E-state index is 0.00976. The molecule has 0 aliphatic rings. The Bertz CT molecular complexity index is 1270. The summed E-state index contributed by atoms with van der Waals surface area (Å²) in [6, 6.07) is 11.4. The number of aliphatic hydroxyl groups is 1. The van der Waals surface area contributed by atoms with Gasteiger partial charge in [0.05, 0.1) is 11.5 Å². The van der Waals surface area contributed by atoms with Crippen LogP contribution in [0.4, 0.5) is 13.2 Å². The average molecular weight is 572 g/mol. The lowest BCUT2D eigenvalue weighted by atomic mass is 9.85. The first-order valence-corrected chi connectivity index (χ1v) is 15.1. The van der Waals surface area contributed by atoms with E-state index in [1.54, 1.807) is 36.6 Å². The van der Waals surface area contributed by atoms with Gasteiger partial charge < -0.3 is 9.84 Å². The van der Waals surface area contributed by atoms with Gasteiger partial charge in [-0.3, -0.25) is 9.79 Å². The van der Waals surface area contributed by atoms with Crippen molar-refractivity contribution >= 4 is 38.9 Å². The summed E-state index contributed by atoms with van der Waals surface area (Å²) in [5.74, 6) is -0.580. The Kier molecular flexibility index (Phi) is 11.6. The normalized spacial score (nSPS) is 13.9. The summed E-state index contributed by atoms with van der Waals surface area (Å²) in [6.07, 6.45) is 0.0644. The Morgan fingerprint density at radius 1 is 1.16 bits per heavy atom. The molecule has 2 aromatic rings. The Labute approximate surface area is 225 Å². The number of sulfone groups is 1. The molecular formula is C27H32F3NO5S2. The minimum Gasteiger partial charge on any atom is -0.455 e. The van der Waals surface area contributed by atoms with Crippen molar-refractivity contribution in [1.82, 2.24) is 0 Å². The molecule has 6 nitrogen and oxygen atoms in total. The van der Waals surface area contributed by atoms with E-state index in [0.717, 1.165) is 19.4 Å². The first-order valence-electron chi connectivity index (χ1n) is 11.8. The molecular weight excluding hydrogens is 539 g/mol. The van der Waals surface area contributed by atoms with E-state index in [2.05, 4.69) is 4.99 Å². The highest BCUT2D eigenvalue weighted by molar-refractivity contribution is 7.98. The predicted octanol–water partition coefficient (Wildman–Crippen LogP) is 5.94. The Hall–Kier alpha value is -2.63. The van der Waals surface area contributed by atoms with Crippen molar-refractivity contribution in [1.29, 1.82) is 0 Å². The van der Waals surface area contributed by atoms with Crippen molar-refractivity contribution in [3.8, 4) is 11.1 Å². The summed E-state index contributed by atoms with van der Waals surface area (Å²) >= 11 is 1.35. The number of thioether (sulfide) groups is 1. The van der Waals surface area contributed by atoms with E-state index in [0.29, 0.717) is 35.1 Å². The van der Waals surface area contributed by atoms with Crippen molar-refractivity contribution < 1.29 is 36.2 Å². The molecule has 2 rings (SSSR count). The molecule has 11 heteroatoms. The van der Waals surface area contributed by atoms with E-state index in [-0.39, 0.29) is 28.7 Å². The second-order valence-corrected chi connectivity index (χ2v) is 11.4. The molecule has 1 atom stereocenters. The van der Waals surface area contributed by atoms with E-state index in [1.807, 2.05) is 6.92 Å². The lowest BCUT2D eigenvalue weighted by Gasteiger charge is -2.21. The molecule has 1 N–H and O–H groups in total. The van der Waals surface area contributed by atoms with Crippen LogP contribution in [0.3, 0.4) is 0 Å². The third-order valence-corrected chi connectivity index (χ3v) is 7.51. The van der Waals surface area contributed by atoms with E-state index >= 15 is 0 Å². The van der Waals surface area contributed by atoms with Crippen molar-refractivity contribution in [2.45, 2.75) is 43.9 Å². The maximum absolute atomic E-state index is 13.6. The van der Waals surface area contributed by atoms with Crippen LogP contribution in [-0.2, 0) is 26.0 Å². The minimum atomic E-state index is -4.65. The van der Waals surface area contributed by atoms with Gasteiger partial charge in [-0.1, -0.05) is 43.3 Å². The lowest BCUT2D eigenvalue weighted by molar-refractivity contribution is -0.141. The summed E-state index contributed by atoms with van der Waals surface area (Å²) in [7, 11) is -2.51. The number of aliphatic hydroxyl groups excluding tert-OH is 1. The van der Waals surface area contributed by atoms with Gasteiger partial charge in [-0.15, -0.1) is 11.8 Å². The molecule has 0 fully saturated rings. The number of hydrogen-bond acceptors (Lipinski definition) is 7. The van der Waals surface area contributed by atoms with Crippen LogP contribution in [0.1, 0.15) is 37.3 Å². The van der Waals surface area contributed by atoms with Crippen molar-refractivity contribution in [3.05, 3.63) is 59.7 Å². The van der Waals surface area contributed by atoms with Gasteiger partial charge in [0.15, 0.2) is 9.84 Å². The van der Waals surface area contributed by atoms with Gasteiger partial charge in [0, 0.05) is 19.7 Å². The number of ether oxygens (including phenoxy) is 1. The fourth-order valence-electron chi connectivity index (χ4n) is 3.99. The van der Waals surface area contributed by atoms with E-state index in [9.17, 15) is 31.5 Å². The highest BCUT2D eigenvalue weighted by Crippen LogP contribution is 2.34. The zero-order chi connectivity index (χ0) is 28.5. The number of benzene rings is 2. The molecule has 0 saturated heterocycles. The number of aliphatic imine (C=N–C) groups is 1. The number of esters is 1. The molecule has 0 amide bonds. The SMILES string of the molecule is CCC(CCC(=O)OCSC)C(=CC(=NC)C(F)(F)F)c1ccc(-c2ccc(CO)c(S(C)(=O)=O)c2)cc1. The van der Waals surface area contributed by atoms with Crippen LogP contribution in [0.15, 0.2) is 58.4 Å². The van der Waals surface area contributed by atoms with Gasteiger partial charge >= 0.3 is 12.1 Å². The fourth-order valence-corrected chi connectivity index (χ4v) is 5.19. The number of rotatable bonds is 12. The van der Waals surface area contributed by atoms with Crippen LogP contribution in [-0.4, -0.2) is 56.9 Å². The number of hydrogen-bond donors (Lipinski definition) is 1. The molecule has 0 aliphatic carbocycles. The largest absolute Gasteiger partial charge is 0.455 e.